The van der Waals surface area contributed by atoms with Crippen LogP contribution >= 0.6 is 15.9 Å². The van der Waals surface area contributed by atoms with Gasteiger partial charge in [-0.3, -0.25) is 9.59 Å². The molecule has 0 unspecified atom stereocenters. The lowest BCUT2D eigenvalue weighted by molar-refractivity contribution is -0.120. The van der Waals surface area contributed by atoms with E-state index in [0.717, 1.165) is 9.37 Å². The summed E-state index contributed by atoms with van der Waals surface area (Å²) in [5.41, 5.74) is 0.435. The fourth-order valence-electron chi connectivity index (χ4n) is 1.31. The number of hydrogen-bond acceptors (Lipinski definition) is 3. The van der Waals surface area contributed by atoms with E-state index in [-0.39, 0.29) is 11.8 Å². The highest BCUT2D eigenvalue weighted by atomic mass is 79.9. The minimum Gasteiger partial charge on any atom is -0.269 e. The molecular formula is C10H7BrN2O2. The lowest BCUT2D eigenvalue weighted by Crippen LogP contribution is -2.31. The normalized spacial score (nSPS) is 15.9. The Bertz CT molecular complexity index is 465. The highest BCUT2D eigenvalue weighted by Gasteiger charge is 2.30. The maximum absolute atomic E-state index is 11.6. The molecule has 2 heterocycles. The topological polar surface area (TPSA) is 50.3 Å². The zero-order valence-electron chi connectivity index (χ0n) is 7.90. The third kappa shape index (κ3) is 1.70. The molecule has 0 bridgehead atoms. The van der Waals surface area contributed by atoms with Crippen LogP contribution in [0.4, 0.5) is 5.82 Å². The summed E-state index contributed by atoms with van der Waals surface area (Å²) < 4.78 is 0.801. The molecule has 1 aliphatic heterocycles. The molecule has 1 aromatic heterocycles. The van der Waals surface area contributed by atoms with E-state index in [4.69, 9.17) is 0 Å². The highest BCUT2D eigenvalue weighted by Crippen LogP contribution is 2.21. The number of pyridine rings is 1. The van der Waals surface area contributed by atoms with Gasteiger partial charge in [0.05, 0.1) is 0 Å². The first kappa shape index (κ1) is 10.0. The molecule has 2 amide bonds. The molecule has 0 aliphatic carbocycles. The summed E-state index contributed by atoms with van der Waals surface area (Å²) >= 11 is 3.23. The number of carbonyl (C=O) groups excluding carboxylic acids is 2. The monoisotopic (exact) mass is 266 g/mol. The molecule has 76 valence electrons. The smallest absolute Gasteiger partial charge is 0.262 e. The fraction of sp³-hybridized carbons (Fsp3) is 0.100. The van der Waals surface area contributed by atoms with Crippen LogP contribution in [0, 0.1) is 0 Å². The summed E-state index contributed by atoms with van der Waals surface area (Å²) in [6.07, 6.45) is 2.86. The standard InChI is InChI=1S/C10H7BrN2O2/c1-6-4-9(14)13(10(6)15)8-3-2-7(11)5-12-8/h2-5H,1H3. The third-order valence-corrected chi connectivity index (χ3v) is 2.51. The van der Waals surface area contributed by atoms with Crippen LogP contribution in [0.15, 0.2) is 34.5 Å². The quantitative estimate of drug-likeness (QED) is 0.727. The lowest BCUT2D eigenvalue weighted by atomic mass is 10.3. The molecule has 0 spiro atoms. The van der Waals surface area contributed by atoms with Gasteiger partial charge in [0, 0.05) is 22.3 Å². The maximum Gasteiger partial charge on any atom is 0.262 e. The van der Waals surface area contributed by atoms with Gasteiger partial charge in [-0.25, -0.2) is 9.88 Å². The Morgan fingerprint density at radius 1 is 1.33 bits per heavy atom. The van der Waals surface area contributed by atoms with E-state index in [1.54, 1.807) is 25.3 Å². The predicted molar refractivity (Wildman–Crippen MR) is 58.2 cm³/mol. The summed E-state index contributed by atoms with van der Waals surface area (Å²) in [5.74, 6) is -0.302. The van der Waals surface area contributed by atoms with Gasteiger partial charge in [0.25, 0.3) is 11.8 Å². The number of rotatable bonds is 1. The van der Waals surface area contributed by atoms with E-state index in [0.29, 0.717) is 11.4 Å². The van der Waals surface area contributed by atoms with Crippen molar-refractivity contribution >= 4 is 33.6 Å². The van der Waals surface area contributed by atoms with Crippen LogP contribution in [-0.2, 0) is 9.59 Å². The molecule has 2 rings (SSSR count). The van der Waals surface area contributed by atoms with Gasteiger partial charge in [-0.15, -0.1) is 0 Å². The van der Waals surface area contributed by atoms with Crippen molar-refractivity contribution in [3.8, 4) is 0 Å². The van der Waals surface area contributed by atoms with Crippen LogP contribution < -0.4 is 4.90 Å². The van der Waals surface area contributed by atoms with Gasteiger partial charge in [-0.2, -0.15) is 0 Å². The Hall–Kier alpha value is -1.49. The van der Waals surface area contributed by atoms with Gasteiger partial charge in [0.1, 0.15) is 5.82 Å². The van der Waals surface area contributed by atoms with Crippen LogP contribution in [0.2, 0.25) is 0 Å². The summed E-state index contributed by atoms with van der Waals surface area (Å²) in [5, 5.41) is 0. The zero-order valence-corrected chi connectivity index (χ0v) is 9.48. The van der Waals surface area contributed by atoms with Crippen molar-refractivity contribution in [2.24, 2.45) is 0 Å². The Labute approximate surface area is 94.7 Å². The van der Waals surface area contributed by atoms with Crippen molar-refractivity contribution in [1.82, 2.24) is 4.98 Å². The zero-order chi connectivity index (χ0) is 11.0. The molecule has 1 aromatic rings. The Balaban J connectivity index is 2.38. The van der Waals surface area contributed by atoms with Crippen molar-refractivity contribution in [2.45, 2.75) is 6.92 Å². The van der Waals surface area contributed by atoms with Gasteiger partial charge in [0.15, 0.2) is 0 Å². The van der Waals surface area contributed by atoms with Gasteiger partial charge in [0.2, 0.25) is 0 Å². The molecule has 15 heavy (non-hydrogen) atoms. The van der Waals surface area contributed by atoms with Gasteiger partial charge >= 0.3 is 0 Å². The van der Waals surface area contributed by atoms with Crippen LogP contribution in [0.5, 0.6) is 0 Å². The third-order valence-electron chi connectivity index (χ3n) is 2.04. The maximum atomic E-state index is 11.6. The molecular weight excluding hydrogens is 260 g/mol. The average molecular weight is 267 g/mol. The van der Waals surface area contributed by atoms with Gasteiger partial charge < -0.3 is 0 Å². The Morgan fingerprint density at radius 3 is 2.53 bits per heavy atom. The molecule has 0 radical (unpaired) electrons. The van der Waals surface area contributed by atoms with E-state index in [2.05, 4.69) is 20.9 Å². The SMILES string of the molecule is CC1=CC(=O)N(c2ccc(Br)cn2)C1=O. The second-order valence-electron chi connectivity index (χ2n) is 3.14. The van der Waals surface area contributed by atoms with E-state index in [9.17, 15) is 9.59 Å². The first-order valence-corrected chi connectivity index (χ1v) is 5.07. The number of imide groups is 1. The summed E-state index contributed by atoms with van der Waals surface area (Å²) in [4.78, 5) is 28.1. The molecule has 0 saturated carbocycles. The number of nitrogens with zero attached hydrogens (tertiary/aromatic N) is 2. The molecule has 1 aliphatic rings. The van der Waals surface area contributed by atoms with E-state index >= 15 is 0 Å². The van der Waals surface area contributed by atoms with Crippen LogP contribution in [0.3, 0.4) is 0 Å². The number of aromatic nitrogens is 1. The average Bonchev–Trinajstić information content (AvgIpc) is 2.44. The first-order chi connectivity index (χ1) is 7.09. The second kappa shape index (κ2) is 3.58. The van der Waals surface area contributed by atoms with Gasteiger partial charge in [-0.05, 0) is 35.0 Å². The minimum absolute atomic E-state index is 0.310. The summed E-state index contributed by atoms with van der Waals surface area (Å²) in [7, 11) is 0. The van der Waals surface area contributed by atoms with Crippen molar-refractivity contribution in [2.75, 3.05) is 4.90 Å². The fourth-order valence-corrected chi connectivity index (χ4v) is 1.54. The van der Waals surface area contributed by atoms with Crippen LogP contribution in [0.1, 0.15) is 6.92 Å². The number of anilines is 1. The van der Waals surface area contributed by atoms with Crippen molar-refractivity contribution in [1.29, 1.82) is 0 Å². The number of amides is 2. The van der Waals surface area contributed by atoms with Gasteiger partial charge in [-0.1, -0.05) is 0 Å². The molecule has 0 saturated heterocycles. The second-order valence-corrected chi connectivity index (χ2v) is 4.06. The highest BCUT2D eigenvalue weighted by molar-refractivity contribution is 9.10. The lowest BCUT2D eigenvalue weighted by Gasteiger charge is -2.12. The largest absolute Gasteiger partial charge is 0.269 e. The number of halogens is 1. The molecule has 5 heteroatoms. The van der Waals surface area contributed by atoms with E-state index in [1.165, 1.54) is 6.08 Å². The molecule has 0 atom stereocenters. The molecule has 0 N–H and O–H groups in total. The Kier molecular flexibility index (Phi) is 2.40. The van der Waals surface area contributed by atoms with Crippen molar-refractivity contribution in [3.05, 3.63) is 34.5 Å². The Morgan fingerprint density at radius 2 is 2.07 bits per heavy atom. The minimum atomic E-state index is -0.340. The van der Waals surface area contributed by atoms with E-state index < -0.39 is 0 Å². The summed E-state index contributed by atoms with van der Waals surface area (Å²) in [6, 6.07) is 3.35. The molecule has 0 fully saturated rings. The first-order valence-electron chi connectivity index (χ1n) is 4.28. The number of carbonyl (C=O) groups is 2. The van der Waals surface area contributed by atoms with Crippen molar-refractivity contribution in [3.63, 3.8) is 0 Å². The van der Waals surface area contributed by atoms with Crippen LogP contribution in [-0.4, -0.2) is 16.8 Å². The predicted octanol–water partition coefficient (Wildman–Crippen LogP) is 1.66. The number of hydrogen-bond donors (Lipinski definition) is 0. The van der Waals surface area contributed by atoms with Crippen molar-refractivity contribution < 1.29 is 9.59 Å². The van der Waals surface area contributed by atoms with Crippen LogP contribution in [0.25, 0.3) is 0 Å². The van der Waals surface area contributed by atoms with E-state index in [1.807, 2.05) is 0 Å². The molecule has 0 aromatic carbocycles. The summed E-state index contributed by atoms with van der Waals surface area (Å²) in [6.45, 7) is 1.61. The molecule has 4 nitrogen and oxygen atoms in total.